The van der Waals surface area contributed by atoms with Crippen molar-refractivity contribution in [2.75, 3.05) is 0 Å². The lowest BCUT2D eigenvalue weighted by atomic mass is 9.86. The molecule has 2 rings (SSSR count). The molecule has 2 unspecified atom stereocenters. The van der Waals surface area contributed by atoms with Gasteiger partial charge in [0.05, 0.1) is 18.6 Å². The summed E-state index contributed by atoms with van der Waals surface area (Å²) in [6, 6.07) is 0. The number of rotatable bonds is 6. The topological polar surface area (TPSA) is 61.4 Å². The molecular formula is C14H22F2N6. The fraction of sp³-hybridized carbons (Fsp3) is 0.714. The summed E-state index contributed by atoms with van der Waals surface area (Å²) in [7, 11) is 1.78. The molecule has 0 fully saturated rings. The van der Waals surface area contributed by atoms with Crippen LogP contribution in [0.15, 0.2) is 12.5 Å². The fourth-order valence-corrected chi connectivity index (χ4v) is 2.25. The lowest BCUT2D eigenvalue weighted by Crippen LogP contribution is -2.28. The number of tetrazole rings is 1. The van der Waals surface area contributed by atoms with Gasteiger partial charge in [0.15, 0.2) is 18.2 Å². The molecule has 0 aliphatic rings. The Morgan fingerprint density at radius 1 is 1.27 bits per heavy atom. The van der Waals surface area contributed by atoms with Gasteiger partial charge in [0.25, 0.3) is 0 Å². The minimum absolute atomic E-state index is 0.135. The van der Waals surface area contributed by atoms with Crippen molar-refractivity contribution in [3.63, 3.8) is 0 Å². The molecule has 0 spiro atoms. The zero-order chi connectivity index (χ0) is 16.5. The quantitative estimate of drug-likeness (QED) is 0.823. The van der Waals surface area contributed by atoms with Crippen LogP contribution in [0.4, 0.5) is 8.78 Å². The fourth-order valence-electron chi connectivity index (χ4n) is 2.25. The van der Waals surface area contributed by atoms with Gasteiger partial charge in [-0.2, -0.15) is 0 Å². The van der Waals surface area contributed by atoms with Gasteiger partial charge in [-0.15, -0.1) is 5.10 Å². The van der Waals surface area contributed by atoms with Crippen LogP contribution in [0.3, 0.4) is 0 Å². The molecule has 0 aliphatic heterocycles. The molecule has 2 aromatic rings. The highest BCUT2D eigenvalue weighted by molar-refractivity contribution is 5.05. The smallest absolute Gasteiger partial charge is 0.185 e. The maximum atomic E-state index is 14.8. The number of hydrogen-bond acceptors (Lipinski definition) is 4. The molecule has 0 N–H and O–H groups in total. The summed E-state index contributed by atoms with van der Waals surface area (Å²) in [5, 5.41) is 11.1. The molecule has 2 atom stereocenters. The molecule has 0 saturated carbocycles. The summed E-state index contributed by atoms with van der Waals surface area (Å²) in [6.07, 6.45) is 0.608. The van der Waals surface area contributed by atoms with Crippen molar-refractivity contribution < 1.29 is 8.78 Å². The molecule has 0 amide bonds. The molecule has 6 nitrogen and oxygen atoms in total. The van der Waals surface area contributed by atoms with E-state index in [0.717, 1.165) is 0 Å². The van der Waals surface area contributed by atoms with Gasteiger partial charge in [-0.05, 0) is 16.3 Å². The Kier molecular flexibility index (Phi) is 4.58. The first-order valence-electron chi connectivity index (χ1n) is 7.24. The molecule has 2 aromatic heterocycles. The third-order valence-corrected chi connectivity index (χ3v) is 3.62. The highest BCUT2D eigenvalue weighted by Crippen LogP contribution is 2.38. The highest BCUT2D eigenvalue weighted by Gasteiger charge is 2.35. The molecule has 2 heterocycles. The number of hydrogen-bond donors (Lipinski definition) is 0. The molecule has 0 saturated heterocycles. The van der Waals surface area contributed by atoms with E-state index in [2.05, 4.69) is 20.5 Å². The largest absolute Gasteiger partial charge is 0.340 e. The molecule has 0 radical (unpaired) electrons. The van der Waals surface area contributed by atoms with Crippen LogP contribution in [0.5, 0.6) is 0 Å². The van der Waals surface area contributed by atoms with Gasteiger partial charge in [-0.1, -0.05) is 27.7 Å². The average molecular weight is 312 g/mol. The first-order valence-corrected chi connectivity index (χ1v) is 7.24. The van der Waals surface area contributed by atoms with Crippen molar-refractivity contribution in [2.45, 2.75) is 46.6 Å². The van der Waals surface area contributed by atoms with Crippen LogP contribution in [0.2, 0.25) is 0 Å². The van der Waals surface area contributed by atoms with Crippen molar-refractivity contribution in [1.82, 2.24) is 29.8 Å². The monoisotopic (exact) mass is 312 g/mol. The average Bonchev–Trinajstić information content (AvgIpc) is 3.05. The van der Waals surface area contributed by atoms with Crippen LogP contribution in [0.25, 0.3) is 0 Å². The number of imidazole rings is 1. The van der Waals surface area contributed by atoms with E-state index in [1.807, 2.05) is 0 Å². The van der Waals surface area contributed by atoms with Crippen LogP contribution < -0.4 is 0 Å². The second-order valence-electron chi connectivity index (χ2n) is 6.66. The molecule has 8 heteroatoms. The predicted molar refractivity (Wildman–Crippen MR) is 77.3 cm³/mol. The van der Waals surface area contributed by atoms with Crippen LogP contribution in [-0.4, -0.2) is 29.8 Å². The van der Waals surface area contributed by atoms with Crippen molar-refractivity contribution >= 4 is 0 Å². The SMILES string of the molecule is CC(C)C(F)c1nnnn1CC(C)(C)C(F)c1cn(C)cn1. The van der Waals surface area contributed by atoms with Crippen molar-refractivity contribution in [3.8, 4) is 0 Å². The van der Waals surface area contributed by atoms with Crippen LogP contribution in [0, 0.1) is 11.3 Å². The molecule has 0 aromatic carbocycles. The van der Waals surface area contributed by atoms with Gasteiger partial charge in [0, 0.05) is 18.7 Å². The third kappa shape index (κ3) is 3.31. The molecule has 122 valence electrons. The standard InChI is InChI=1S/C14H22F2N6/c1-9(2)11(15)13-18-19-20-22(13)7-14(3,4)12(16)10-6-21(5)8-17-10/h6,8-9,11-12H,7H2,1-5H3. The Hall–Kier alpha value is -1.86. The van der Waals surface area contributed by atoms with Crippen LogP contribution >= 0.6 is 0 Å². The summed E-state index contributed by atoms with van der Waals surface area (Å²) >= 11 is 0. The van der Waals surface area contributed by atoms with Gasteiger partial charge >= 0.3 is 0 Å². The molecule has 22 heavy (non-hydrogen) atoms. The van der Waals surface area contributed by atoms with E-state index in [1.54, 1.807) is 51.8 Å². The number of aromatic nitrogens is 6. The van der Waals surface area contributed by atoms with E-state index in [4.69, 9.17) is 0 Å². The summed E-state index contributed by atoms with van der Waals surface area (Å²) < 4.78 is 32.0. The second kappa shape index (κ2) is 6.10. The minimum Gasteiger partial charge on any atom is -0.340 e. The third-order valence-electron chi connectivity index (χ3n) is 3.62. The Morgan fingerprint density at radius 2 is 1.95 bits per heavy atom. The van der Waals surface area contributed by atoms with E-state index in [0.29, 0.717) is 5.69 Å². The molecule has 0 bridgehead atoms. The molecular weight excluding hydrogens is 290 g/mol. The number of alkyl halides is 2. The van der Waals surface area contributed by atoms with E-state index in [-0.39, 0.29) is 18.3 Å². The zero-order valence-corrected chi connectivity index (χ0v) is 13.5. The summed E-state index contributed by atoms with van der Waals surface area (Å²) in [5.74, 6) is -0.110. The first-order chi connectivity index (χ1) is 10.2. The zero-order valence-electron chi connectivity index (χ0n) is 13.5. The predicted octanol–water partition coefficient (Wildman–Crippen LogP) is 2.81. The lowest BCUT2D eigenvalue weighted by molar-refractivity contribution is 0.108. The van der Waals surface area contributed by atoms with E-state index < -0.39 is 17.8 Å². The van der Waals surface area contributed by atoms with Gasteiger partial charge in [-0.25, -0.2) is 18.4 Å². The summed E-state index contributed by atoms with van der Waals surface area (Å²) in [5.41, 5.74) is -0.474. The number of aryl methyl sites for hydroxylation is 1. The van der Waals surface area contributed by atoms with Crippen molar-refractivity contribution in [1.29, 1.82) is 0 Å². The van der Waals surface area contributed by atoms with Gasteiger partial charge in [0.2, 0.25) is 0 Å². The first kappa shape index (κ1) is 16.5. The van der Waals surface area contributed by atoms with Gasteiger partial charge in [-0.3, -0.25) is 0 Å². The normalized spacial score (nSPS) is 15.3. The summed E-state index contributed by atoms with van der Waals surface area (Å²) in [6.45, 7) is 7.17. The van der Waals surface area contributed by atoms with Crippen LogP contribution in [-0.2, 0) is 13.6 Å². The molecule has 0 aliphatic carbocycles. The van der Waals surface area contributed by atoms with Crippen molar-refractivity contribution in [3.05, 3.63) is 24.0 Å². The Bertz CT molecular complexity index is 618. The number of nitrogens with zero attached hydrogens (tertiary/aromatic N) is 6. The Morgan fingerprint density at radius 3 is 2.50 bits per heavy atom. The van der Waals surface area contributed by atoms with Gasteiger partial charge in [0.1, 0.15) is 0 Å². The van der Waals surface area contributed by atoms with Crippen molar-refractivity contribution in [2.24, 2.45) is 18.4 Å². The van der Waals surface area contributed by atoms with Gasteiger partial charge < -0.3 is 4.57 Å². The summed E-state index contributed by atoms with van der Waals surface area (Å²) in [4.78, 5) is 4.05. The Labute approximate surface area is 128 Å². The maximum Gasteiger partial charge on any atom is 0.185 e. The number of halogens is 2. The maximum absolute atomic E-state index is 14.8. The van der Waals surface area contributed by atoms with E-state index in [9.17, 15) is 8.78 Å². The highest BCUT2D eigenvalue weighted by atomic mass is 19.1. The Balaban J connectivity index is 2.20. The van der Waals surface area contributed by atoms with E-state index in [1.165, 1.54) is 4.68 Å². The lowest BCUT2D eigenvalue weighted by Gasteiger charge is -2.28. The van der Waals surface area contributed by atoms with Crippen LogP contribution in [0.1, 0.15) is 51.6 Å². The second-order valence-corrected chi connectivity index (χ2v) is 6.66. The van der Waals surface area contributed by atoms with E-state index >= 15 is 0 Å². The minimum atomic E-state index is -1.30.